The largest absolute Gasteiger partial charge is 0.383 e. The van der Waals surface area contributed by atoms with E-state index in [4.69, 9.17) is 22.4 Å². The van der Waals surface area contributed by atoms with E-state index >= 15 is 0 Å². The van der Waals surface area contributed by atoms with Gasteiger partial charge in [-0.25, -0.2) is 19.6 Å². The normalized spacial score (nSPS) is 22.6. The SMILES string of the molecule is Nc1ncnc2c1c(-c1[nH]c3ncccc3c1Cl)nn2[C@H]1CC[C@H](NC(O)C2CC2)CC1. The number of rotatable bonds is 5. The molecular weight excluding hydrogens is 428 g/mol. The molecule has 1 atom stereocenters. The first-order valence-corrected chi connectivity index (χ1v) is 11.5. The van der Waals surface area contributed by atoms with Gasteiger partial charge in [-0.3, -0.25) is 5.32 Å². The Hall–Kier alpha value is -2.75. The molecule has 0 aliphatic heterocycles. The van der Waals surface area contributed by atoms with Gasteiger partial charge in [0.25, 0.3) is 0 Å². The third-order valence-corrected chi connectivity index (χ3v) is 7.17. The minimum atomic E-state index is -0.376. The van der Waals surface area contributed by atoms with Crippen molar-refractivity contribution in [1.82, 2.24) is 35.0 Å². The maximum Gasteiger partial charge on any atom is 0.164 e. The van der Waals surface area contributed by atoms with Crippen molar-refractivity contribution in [2.75, 3.05) is 5.73 Å². The minimum absolute atomic E-state index is 0.193. The number of aromatic nitrogens is 6. The number of nitrogens with zero attached hydrogens (tertiary/aromatic N) is 5. The van der Waals surface area contributed by atoms with Gasteiger partial charge in [-0.15, -0.1) is 0 Å². The Labute approximate surface area is 189 Å². The number of aromatic amines is 1. The number of fused-ring (bicyclic) bond motifs is 2. The topological polar surface area (TPSA) is 131 Å². The number of aliphatic hydroxyl groups is 1. The molecule has 2 aliphatic carbocycles. The van der Waals surface area contributed by atoms with Gasteiger partial charge < -0.3 is 15.8 Å². The van der Waals surface area contributed by atoms with Gasteiger partial charge in [0, 0.05) is 17.6 Å². The monoisotopic (exact) mass is 452 g/mol. The summed E-state index contributed by atoms with van der Waals surface area (Å²) in [6, 6.07) is 4.30. The highest BCUT2D eigenvalue weighted by atomic mass is 35.5. The number of nitrogen functional groups attached to an aromatic ring is 1. The van der Waals surface area contributed by atoms with Crippen molar-refractivity contribution in [1.29, 1.82) is 0 Å². The molecule has 0 bridgehead atoms. The van der Waals surface area contributed by atoms with Crippen LogP contribution in [0.5, 0.6) is 0 Å². The van der Waals surface area contributed by atoms with Crippen molar-refractivity contribution in [3.63, 3.8) is 0 Å². The number of anilines is 1. The predicted octanol–water partition coefficient (Wildman–Crippen LogP) is 3.41. The molecule has 9 nitrogen and oxygen atoms in total. The third-order valence-electron chi connectivity index (χ3n) is 6.78. The molecule has 2 fully saturated rings. The lowest BCUT2D eigenvalue weighted by Gasteiger charge is -2.31. The Kier molecular flexibility index (Phi) is 4.78. The molecule has 166 valence electrons. The fourth-order valence-corrected chi connectivity index (χ4v) is 5.14. The second-order valence-electron chi connectivity index (χ2n) is 8.92. The average Bonchev–Trinajstić information content (AvgIpc) is 3.52. The molecule has 10 heteroatoms. The van der Waals surface area contributed by atoms with E-state index in [1.165, 1.54) is 6.33 Å². The summed E-state index contributed by atoms with van der Waals surface area (Å²) < 4.78 is 1.98. The van der Waals surface area contributed by atoms with Crippen LogP contribution in [-0.2, 0) is 0 Å². The quantitative estimate of drug-likeness (QED) is 0.341. The number of halogens is 1. The first-order valence-electron chi connectivity index (χ1n) is 11.2. The van der Waals surface area contributed by atoms with Gasteiger partial charge in [0.2, 0.25) is 0 Å². The zero-order valence-electron chi connectivity index (χ0n) is 17.5. The summed E-state index contributed by atoms with van der Waals surface area (Å²) in [4.78, 5) is 16.4. The van der Waals surface area contributed by atoms with Crippen LogP contribution in [-0.4, -0.2) is 47.1 Å². The summed E-state index contributed by atoms with van der Waals surface area (Å²) >= 11 is 6.70. The zero-order valence-corrected chi connectivity index (χ0v) is 18.3. The fraction of sp³-hybridized carbons (Fsp3) is 0.455. The Bertz CT molecular complexity index is 1290. The van der Waals surface area contributed by atoms with Crippen molar-refractivity contribution in [2.45, 2.75) is 56.8 Å². The van der Waals surface area contributed by atoms with Crippen molar-refractivity contribution in [2.24, 2.45) is 5.92 Å². The van der Waals surface area contributed by atoms with E-state index in [9.17, 15) is 5.11 Å². The van der Waals surface area contributed by atoms with Crippen LogP contribution < -0.4 is 11.1 Å². The van der Waals surface area contributed by atoms with Crippen LogP contribution in [0.3, 0.4) is 0 Å². The maximum atomic E-state index is 10.2. The van der Waals surface area contributed by atoms with E-state index in [1.807, 2.05) is 16.8 Å². The molecule has 32 heavy (non-hydrogen) atoms. The minimum Gasteiger partial charge on any atom is -0.383 e. The van der Waals surface area contributed by atoms with Gasteiger partial charge in [0.15, 0.2) is 5.65 Å². The number of H-pyrrole nitrogens is 1. The first kappa shape index (κ1) is 19.9. The van der Waals surface area contributed by atoms with E-state index in [1.54, 1.807) is 6.20 Å². The van der Waals surface area contributed by atoms with Crippen LogP contribution in [0.25, 0.3) is 33.5 Å². The summed E-state index contributed by atoms with van der Waals surface area (Å²) in [5, 5.41) is 20.7. The second kappa shape index (κ2) is 7.68. The van der Waals surface area contributed by atoms with Crippen LogP contribution in [0.15, 0.2) is 24.7 Å². The van der Waals surface area contributed by atoms with E-state index in [2.05, 4.69) is 25.3 Å². The highest BCUT2D eigenvalue weighted by Gasteiger charge is 2.33. The lowest BCUT2D eigenvalue weighted by molar-refractivity contribution is 0.0885. The zero-order chi connectivity index (χ0) is 21.8. The summed E-state index contributed by atoms with van der Waals surface area (Å²) in [5.74, 6) is 0.808. The van der Waals surface area contributed by atoms with Crippen molar-refractivity contribution >= 4 is 39.5 Å². The van der Waals surface area contributed by atoms with Crippen molar-refractivity contribution < 1.29 is 5.11 Å². The van der Waals surface area contributed by atoms with E-state index in [0.717, 1.165) is 43.9 Å². The van der Waals surface area contributed by atoms with Crippen LogP contribution in [0.1, 0.15) is 44.6 Å². The number of pyridine rings is 1. The van der Waals surface area contributed by atoms with Gasteiger partial charge in [0.05, 0.1) is 22.1 Å². The highest BCUT2D eigenvalue weighted by Crippen LogP contribution is 2.40. The molecule has 4 aromatic heterocycles. The Morgan fingerprint density at radius 1 is 1.16 bits per heavy atom. The fourth-order valence-electron chi connectivity index (χ4n) is 4.85. The molecule has 0 spiro atoms. The Morgan fingerprint density at radius 3 is 2.72 bits per heavy atom. The molecule has 4 heterocycles. The second-order valence-corrected chi connectivity index (χ2v) is 9.30. The van der Waals surface area contributed by atoms with Crippen LogP contribution in [0.2, 0.25) is 5.02 Å². The highest BCUT2D eigenvalue weighted by molar-refractivity contribution is 6.38. The molecule has 2 saturated carbocycles. The maximum absolute atomic E-state index is 10.2. The molecule has 2 aliphatic rings. The lowest BCUT2D eigenvalue weighted by atomic mass is 9.91. The van der Waals surface area contributed by atoms with Crippen molar-refractivity contribution in [3.8, 4) is 11.4 Å². The van der Waals surface area contributed by atoms with Crippen molar-refractivity contribution in [3.05, 3.63) is 29.7 Å². The predicted molar refractivity (Wildman–Crippen MR) is 123 cm³/mol. The van der Waals surface area contributed by atoms with E-state index in [0.29, 0.717) is 50.9 Å². The Morgan fingerprint density at radius 2 is 1.97 bits per heavy atom. The van der Waals surface area contributed by atoms with Crippen LogP contribution in [0, 0.1) is 5.92 Å². The number of nitrogens with two attached hydrogens (primary N) is 1. The number of aliphatic hydroxyl groups excluding tert-OH is 1. The number of hydrogen-bond donors (Lipinski definition) is 4. The van der Waals surface area contributed by atoms with Gasteiger partial charge >= 0.3 is 0 Å². The molecule has 0 saturated heterocycles. The summed E-state index contributed by atoms with van der Waals surface area (Å²) in [5.41, 5.74) is 9.01. The molecule has 4 aromatic rings. The van der Waals surface area contributed by atoms with Crippen LogP contribution >= 0.6 is 11.6 Å². The summed E-state index contributed by atoms with van der Waals surface area (Å²) in [6.07, 6.45) is 8.91. The molecular formula is C22H25ClN8O. The molecule has 0 amide bonds. The van der Waals surface area contributed by atoms with Gasteiger partial charge in [-0.05, 0) is 56.6 Å². The first-order chi connectivity index (χ1) is 15.6. The number of nitrogens with one attached hydrogen (secondary N) is 2. The van der Waals surface area contributed by atoms with Gasteiger partial charge in [-0.1, -0.05) is 11.6 Å². The van der Waals surface area contributed by atoms with Crippen LogP contribution in [0.4, 0.5) is 5.82 Å². The standard InChI is InChI=1S/C22H25ClN8O/c23-16-14-2-1-9-25-20(14)29-18(16)17-15-19(24)26-10-27-21(15)31(30-17)13-7-5-12(6-8-13)28-22(32)11-3-4-11/h1-2,9-13,22,28,32H,3-8H2,(H,25,29)(H2,24,26,27)/t12-,13-,22?. The van der Waals surface area contributed by atoms with Gasteiger partial charge in [-0.2, -0.15) is 5.10 Å². The molecule has 0 radical (unpaired) electrons. The molecule has 0 aromatic carbocycles. The smallest absolute Gasteiger partial charge is 0.164 e. The average molecular weight is 453 g/mol. The summed E-state index contributed by atoms with van der Waals surface area (Å²) in [7, 11) is 0. The lowest BCUT2D eigenvalue weighted by Crippen LogP contribution is -2.41. The van der Waals surface area contributed by atoms with E-state index in [-0.39, 0.29) is 12.3 Å². The molecule has 1 unspecified atom stereocenters. The van der Waals surface area contributed by atoms with E-state index < -0.39 is 0 Å². The molecule has 5 N–H and O–H groups in total. The third kappa shape index (κ3) is 3.32. The Balaban J connectivity index is 1.35. The van der Waals surface area contributed by atoms with Gasteiger partial charge in [0.1, 0.15) is 29.7 Å². The molecule has 6 rings (SSSR count). The number of hydrogen-bond acceptors (Lipinski definition) is 7. The summed E-state index contributed by atoms with van der Waals surface area (Å²) in [6.45, 7) is 0.